The molecule has 2 saturated heterocycles. The zero-order valence-corrected chi connectivity index (χ0v) is 16.6. The van der Waals surface area contributed by atoms with E-state index in [1.807, 2.05) is 30.3 Å². The van der Waals surface area contributed by atoms with Gasteiger partial charge in [-0.15, -0.1) is 0 Å². The van der Waals surface area contributed by atoms with Crippen molar-refractivity contribution in [1.82, 2.24) is 5.32 Å². The predicted molar refractivity (Wildman–Crippen MR) is 106 cm³/mol. The van der Waals surface area contributed by atoms with E-state index in [0.29, 0.717) is 0 Å². The Hall–Kier alpha value is -3.05. The summed E-state index contributed by atoms with van der Waals surface area (Å²) >= 11 is 0. The van der Waals surface area contributed by atoms with Gasteiger partial charge in [-0.25, -0.2) is 0 Å². The lowest BCUT2D eigenvalue weighted by atomic mass is 9.95. The number of carbonyl (C=O) groups excluding carboxylic acids is 1. The third-order valence-electron chi connectivity index (χ3n) is 5.11. The van der Waals surface area contributed by atoms with E-state index in [9.17, 15) is 20.0 Å². The van der Waals surface area contributed by atoms with Crippen molar-refractivity contribution in [2.75, 3.05) is 6.61 Å². The van der Waals surface area contributed by atoms with Gasteiger partial charge in [0.2, 0.25) is 12.2 Å². The van der Waals surface area contributed by atoms with Crippen LogP contribution in [0.25, 0.3) is 0 Å². The number of ether oxygens (including phenoxy) is 4. The van der Waals surface area contributed by atoms with Gasteiger partial charge in [-0.05, 0) is 12.1 Å². The Morgan fingerprint density at radius 1 is 1.16 bits per heavy atom. The van der Waals surface area contributed by atoms with Gasteiger partial charge in [0.05, 0.1) is 11.5 Å². The molecule has 0 spiro atoms. The average molecular weight is 430 g/mol. The number of hydrogen-bond donors (Lipinski definition) is 2. The van der Waals surface area contributed by atoms with Crippen LogP contribution < -0.4 is 10.1 Å². The van der Waals surface area contributed by atoms with E-state index in [1.165, 1.54) is 31.2 Å². The number of fused-ring (bicyclic) bond motifs is 1. The van der Waals surface area contributed by atoms with Gasteiger partial charge in [0, 0.05) is 24.6 Å². The second kappa shape index (κ2) is 8.98. The second-order valence-corrected chi connectivity index (χ2v) is 7.31. The zero-order chi connectivity index (χ0) is 22.0. The molecule has 2 aromatic rings. The molecule has 2 heterocycles. The molecule has 2 aliphatic rings. The Labute approximate surface area is 177 Å². The molecule has 1 amide bonds. The molecule has 31 heavy (non-hydrogen) atoms. The minimum absolute atomic E-state index is 0.0866. The predicted octanol–water partition coefficient (Wildman–Crippen LogP) is 1.68. The van der Waals surface area contributed by atoms with Crippen LogP contribution in [-0.2, 0) is 19.0 Å². The SMILES string of the molecule is CC(=O)NC1[C@@H](Oc2ccc([N+](=O)[O-])cc2)OC2COC(c3ccccc3)O[C@H]2[C@H]1O. The lowest BCUT2D eigenvalue weighted by Gasteiger charge is -2.47. The summed E-state index contributed by atoms with van der Waals surface area (Å²) in [5.41, 5.74) is 0.713. The van der Waals surface area contributed by atoms with Crippen LogP contribution in [0.4, 0.5) is 5.69 Å². The van der Waals surface area contributed by atoms with Crippen LogP contribution in [0.3, 0.4) is 0 Å². The fourth-order valence-corrected chi connectivity index (χ4v) is 3.64. The average Bonchev–Trinajstić information content (AvgIpc) is 2.77. The third kappa shape index (κ3) is 4.67. The Balaban J connectivity index is 1.52. The highest BCUT2D eigenvalue weighted by Gasteiger charge is 2.50. The van der Waals surface area contributed by atoms with Crippen molar-refractivity contribution < 1.29 is 33.8 Å². The summed E-state index contributed by atoms with van der Waals surface area (Å²) in [5, 5.41) is 24.5. The van der Waals surface area contributed by atoms with Gasteiger partial charge in [-0.3, -0.25) is 14.9 Å². The normalized spacial score (nSPS) is 30.1. The van der Waals surface area contributed by atoms with Crippen LogP contribution in [0.2, 0.25) is 0 Å². The van der Waals surface area contributed by atoms with Gasteiger partial charge in [0.25, 0.3) is 5.69 Å². The van der Waals surface area contributed by atoms with Gasteiger partial charge in [-0.1, -0.05) is 30.3 Å². The van der Waals surface area contributed by atoms with Crippen molar-refractivity contribution >= 4 is 11.6 Å². The van der Waals surface area contributed by atoms with E-state index in [2.05, 4.69) is 5.32 Å². The number of nitro benzene ring substituents is 1. The third-order valence-corrected chi connectivity index (χ3v) is 5.11. The Bertz CT molecular complexity index is 923. The molecule has 3 unspecified atom stereocenters. The van der Waals surface area contributed by atoms with Crippen LogP contribution in [0, 0.1) is 10.1 Å². The molecule has 2 fully saturated rings. The topological polar surface area (TPSA) is 129 Å². The van der Waals surface area contributed by atoms with E-state index in [1.54, 1.807) is 0 Å². The molecule has 0 radical (unpaired) electrons. The number of benzene rings is 2. The van der Waals surface area contributed by atoms with Gasteiger partial charge in [-0.2, -0.15) is 0 Å². The Morgan fingerprint density at radius 2 is 1.87 bits per heavy atom. The minimum atomic E-state index is -1.14. The van der Waals surface area contributed by atoms with E-state index in [0.717, 1.165) is 5.56 Å². The van der Waals surface area contributed by atoms with Crippen LogP contribution in [0.5, 0.6) is 5.75 Å². The quantitative estimate of drug-likeness (QED) is 0.541. The number of hydrogen-bond acceptors (Lipinski definition) is 8. The number of carbonyl (C=O) groups is 1. The molecule has 4 rings (SSSR count). The largest absolute Gasteiger partial charge is 0.463 e. The maximum Gasteiger partial charge on any atom is 0.269 e. The number of rotatable bonds is 5. The molecule has 2 N–H and O–H groups in total. The molecule has 0 aromatic heterocycles. The molecule has 164 valence electrons. The molecular weight excluding hydrogens is 408 g/mol. The highest BCUT2D eigenvalue weighted by Crippen LogP contribution is 2.35. The fraction of sp³-hybridized carbons (Fsp3) is 0.381. The summed E-state index contributed by atoms with van der Waals surface area (Å²) in [5.74, 6) is -0.0912. The number of amides is 1. The van der Waals surface area contributed by atoms with Crippen LogP contribution in [-0.4, -0.2) is 53.2 Å². The van der Waals surface area contributed by atoms with Gasteiger partial charge in [0.15, 0.2) is 6.29 Å². The van der Waals surface area contributed by atoms with Crippen molar-refractivity contribution in [3.05, 3.63) is 70.3 Å². The Kier molecular flexibility index (Phi) is 6.14. The molecular formula is C21H22N2O8. The van der Waals surface area contributed by atoms with Crippen molar-refractivity contribution in [1.29, 1.82) is 0 Å². The van der Waals surface area contributed by atoms with Crippen LogP contribution in [0.15, 0.2) is 54.6 Å². The lowest BCUT2D eigenvalue weighted by Crippen LogP contribution is -2.67. The molecule has 10 heteroatoms. The molecule has 0 bridgehead atoms. The number of aliphatic hydroxyl groups is 1. The summed E-state index contributed by atoms with van der Waals surface area (Å²) in [4.78, 5) is 22.1. The van der Waals surface area contributed by atoms with Gasteiger partial charge in [0.1, 0.15) is 30.1 Å². The number of nitrogens with one attached hydrogen (secondary N) is 1. The molecule has 6 atom stereocenters. The first-order valence-electron chi connectivity index (χ1n) is 9.76. The van der Waals surface area contributed by atoms with E-state index in [4.69, 9.17) is 18.9 Å². The summed E-state index contributed by atoms with van der Waals surface area (Å²) in [7, 11) is 0. The first-order valence-corrected chi connectivity index (χ1v) is 9.76. The van der Waals surface area contributed by atoms with Gasteiger partial charge < -0.3 is 29.4 Å². The lowest BCUT2D eigenvalue weighted by molar-refractivity contribution is -0.384. The summed E-state index contributed by atoms with van der Waals surface area (Å²) < 4.78 is 23.5. The monoisotopic (exact) mass is 430 g/mol. The standard InChI is InChI=1S/C21H22N2O8/c1-12(24)22-17-18(25)19-16(11-28-20(31-19)13-5-3-2-4-6-13)30-21(17)29-15-9-7-14(8-10-15)23(26)27/h2-10,16-21,25H,11H2,1H3,(H,22,24)/t16?,17?,18-,19+,20?,21-/m0/s1. The molecule has 2 aliphatic heterocycles. The van der Waals surface area contributed by atoms with Gasteiger partial charge >= 0.3 is 0 Å². The van der Waals surface area contributed by atoms with Crippen LogP contribution in [0.1, 0.15) is 18.8 Å². The molecule has 0 saturated carbocycles. The highest BCUT2D eigenvalue weighted by molar-refractivity contribution is 5.73. The number of non-ortho nitro benzene ring substituents is 1. The number of aliphatic hydroxyl groups excluding tert-OH is 1. The van der Waals surface area contributed by atoms with Crippen molar-refractivity contribution in [3.8, 4) is 5.75 Å². The highest BCUT2D eigenvalue weighted by atomic mass is 16.7. The smallest absolute Gasteiger partial charge is 0.269 e. The van der Waals surface area contributed by atoms with E-state index >= 15 is 0 Å². The van der Waals surface area contributed by atoms with E-state index < -0.39 is 41.9 Å². The van der Waals surface area contributed by atoms with Crippen molar-refractivity contribution in [2.45, 2.75) is 43.9 Å². The number of nitrogens with zero attached hydrogens (tertiary/aromatic N) is 1. The first-order chi connectivity index (χ1) is 14.9. The zero-order valence-electron chi connectivity index (χ0n) is 16.6. The maximum absolute atomic E-state index is 11.7. The van der Waals surface area contributed by atoms with Crippen molar-refractivity contribution in [3.63, 3.8) is 0 Å². The fourth-order valence-electron chi connectivity index (χ4n) is 3.64. The molecule has 2 aromatic carbocycles. The molecule has 0 aliphatic carbocycles. The summed E-state index contributed by atoms with van der Waals surface area (Å²) in [6, 6.07) is 13.8. The maximum atomic E-state index is 11.7. The van der Waals surface area contributed by atoms with E-state index in [-0.39, 0.29) is 24.0 Å². The minimum Gasteiger partial charge on any atom is -0.463 e. The number of nitro groups is 1. The first kappa shape index (κ1) is 21.2. The van der Waals surface area contributed by atoms with Crippen LogP contribution >= 0.6 is 0 Å². The molecule has 10 nitrogen and oxygen atoms in total. The second-order valence-electron chi connectivity index (χ2n) is 7.31. The summed E-state index contributed by atoms with van der Waals surface area (Å²) in [6.45, 7) is 1.47. The summed E-state index contributed by atoms with van der Waals surface area (Å²) in [6.07, 6.45) is -4.26. The Morgan fingerprint density at radius 3 is 2.52 bits per heavy atom. The van der Waals surface area contributed by atoms with Crippen molar-refractivity contribution in [2.24, 2.45) is 0 Å².